The molecule has 0 spiro atoms. The summed E-state index contributed by atoms with van der Waals surface area (Å²) in [6, 6.07) is 0. The normalized spacial score (nSPS) is 20.8. The van der Waals surface area contributed by atoms with E-state index < -0.39 is 0 Å². The van der Waals surface area contributed by atoms with Gasteiger partial charge in [-0.2, -0.15) is 0 Å². The molecular weight excluding hydrogens is 55.0 g/mol. The summed E-state index contributed by atoms with van der Waals surface area (Å²) in [6.45, 7) is 0. The molecule has 0 unspecified atom stereocenters. The van der Waals surface area contributed by atoms with Gasteiger partial charge in [-0.05, 0) is 0 Å². The minimum atomic E-state index is 1.33. The van der Waals surface area contributed by atoms with Crippen molar-refractivity contribution in [3.05, 3.63) is 10.3 Å². The van der Waals surface area contributed by atoms with Gasteiger partial charge < -0.3 is 0 Å². The molecule has 22 valence electrons. The van der Waals surface area contributed by atoms with Gasteiger partial charge in [-0.3, -0.25) is 0 Å². The fourth-order valence-electron chi connectivity index (χ4n) is 0.433. The molecule has 0 heterocycles. The molecule has 1 rings (SSSR count). The molecule has 0 radical (unpaired) electrons. The van der Waals surface area contributed by atoms with E-state index in [1.807, 2.05) is 0 Å². The average molecular weight is 60.0 g/mol. The van der Waals surface area contributed by atoms with Crippen LogP contribution in [0.1, 0.15) is 12.8 Å². The summed E-state index contributed by atoms with van der Waals surface area (Å²) in [4.78, 5) is 0. The van der Waals surface area contributed by atoms with Crippen LogP contribution in [0.15, 0.2) is 10.3 Å². The summed E-state index contributed by atoms with van der Waals surface area (Å²) < 4.78 is 1.56. The molecule has 0 nitrogen and oxygen atoms in total. The standard InChI is InChI=1S/C4H5.Li/c1-2-4-3-1;/h1H,2,4H2;. The van der Waals surface area contributed by atoms with Gasteiger partial charge in [-0.1, -0.05) is 0 Å². The molecule has 1 aliphatic rings. The van der Waals surface area contributed by atoms with Crippen molar-refractivity contribution in [3.63, 3.8) is 0 Å². The van der Waals surface area contributed by atoms with Crippen LogP contribution < -0.4 is 0 Å². The van der Waals surface area contributed by atoms with Crippen molar-refractivity contribution in [1.82, 2.24) is 0 Å². The maximum absolute atomic E-state index is 2.26. The average Bonchev–Trinajstić information content (AvgIpc) is 1.30. The van der Waals surface area contributed by atoms with Crippen LogP contribution in [-0.2, 0) is 0 Å². The fraction of sp³-hybridized carbons (Fsp3) is 0.500. The predicted molar refractivity (Wildman–Crippen MR) is 23.1 cm³/mol. The third kappa shape index (κ3) is 0.590. The first-order valence-corrected chi connectivity index (χ1v) is 2.05. The molecule has 0 bridgehead atoms. The summed E-state index contributed by atoms with van der Waals surface area (Å²) in [7, 11) is 0. The first kappa shape index (κ1) is 3.52. The Balaban J connectivity index is 2.51. The first-order chi connectivity index (χ1) is 2.39. The third-order valence-corrected chi connectivity index (χ3v) is 1.03. The Kier molecular flexibility index (Phi) is 0.848. The van der Waals surface area contributed by atoms with Crippen molar-refractivity contribution < 1.29 is 0 Å². The Hall–Kier alpha value is 0.337. The van der Waals surface area contributed by atoms with E-state index in [4.69, 9.17) is 0 Å². The Morgan fingerprint density at radius 2 is 2.20 bits per heavy atom. The second-order valence-electron chi connectivity index (χ2n) is 1.59. The second kappa shape index (κ2) is 1.20. The van der Waals surface area contributed by atoms with E-state index in [0.29, 0.717) is 0 Å². The zero-order chi connectivity index (χ0) is 3.70. The topological polar surface area (TPSA) is 0 Å². The third-order valence-electron chi connectivity index (χ3n) is 1.03. The zero-order valence-corrected chi connectivity index (χ0v) is 3.49. The van der Waals surface area contributed by atoms with Crippen LogP contribution in [0, 0.1) is 0 Å². The van der Waals surface area contributed by atoms with Crippen molar-refractivity contribution in [2.24, 2.45) is 0 Å². The van der Waals surface area contributed by atoms with Crippen LogP contribution in [0.5, 0.6) is 0 Å². The predicted octanol–water partition coefficient (Wildman–Crippen LogP) is 0.833. The molecule has 0 aromatic rings. The van der Waals surface area contributed by atoms with Crippen molar-refractivity contribution in [3.8, 4) is 0 Å². The SMILES string of the molecule is [Li][C]1=CCC1. The molecule has 5 heavy (non-hydrogen) atoms. The van der Waals surface area contributed by atoms with E-state index in [2.05, 4.69) is 23.8 Å². The molecule has 1 aliphatic carbocycles. The van der Waals surface area contributed by atoms with Crippen LogP contribution in [0.2, 0.25) is 0 Å². The molecule has 0 fully saturated rings. The van der Waals surface area contributed by atoms with E-state index in [0.717, 1.165) is 0 Å². The molecule has 0 amide bonds. The van der Waals surface area contributed by atoms with Gasteiger partial charge in [-0.15, -0.1) is 0 Å². The van der Waals surface area contributed by atoms with E-state index in [9.17, 15) is 0 Å². The molecule has 0 aromatic heterocycles. The monoisotopic (exact) mass is 60.1 g/mol. The fourth-order valence-corrected chi connectivity index (χ4v) is 0.433. The molecular formula is C4H5Li. The molecule has 0 saturated carbocycles. The Morgan fingerprint density at radius 1 is 1.80 bits per heavy atom. The van der Waals surface area contributed by atoms with Gasteiger partial charge in [-0.25, -0.2) is 0 Å². The number of rotatable bonds is 0. The van der Waals surface area contributed by atoms with Gasteiger partial charge in [0.15, 0.2) is 0 Å². The van der Waals surface area contributed by atoms with Crippen LogP contribution >= 0.6 is 0 Å². The number of hydrogen-bond acceptors (Lipinski definition) is 0. The minimum absolute atomic E-state index is 1.33. The molecule has 0 aliphatic heterocycles. The van der Waals surface area contributed by atoms with Crippen LogP contribution in [0.3, 0.4) is 0 Å². The van der Waals surface area contributed by atoms with E-state index in [1.165, 1.54) is 12.8 Å². The molecule has 0 aromatic carbocycles. The Bertz CT molecular complexity index is 64.0. The number of hydrogen-bond donors (Lipinski definition) is 0. The van der Waals surface area contributed by atoms with Gasteiger partial charge in [0.05, 0.1) is 0 Å². The Labute approximate surface area is 41.5 Å². The summed E-state index contributed by atoms with van der Waals surface area (Å²) in [5.41, 5.74) is 0. The summed E-state index contributed by atoms with van der Waals surface area (Å²) in [5.74, 6) is 0. The van der Waals surface area contributed by atoms with Crippen LogP contribution in [-0.4, -0.2) is 17.7 Å². The molecule has 0 N–H and O–H groups in total. The van der Waals surface area contributed by atoms with Crippen LogP contribution in [0.4, 0.5) is 0 Å². The van der Waals surface area contributed by atoms with E-state index in [-0.39, 0.29) is 0 Å². The first-order valence-electron chi connectivity index (χ1n) is 2.05. The van der Waals surface area contributed by atoms with Gasteiger partial charge in [0.2, 0.25) is 0 Å². The Morgan fingerprint density at radius 3 is 2.20 bits per heavy atom. The number of allylic oxidation sites excluding steroid dienone is 2. The van der Waals surface area contributed by atoms with E-state index in [1.54, 1.807) is 4.25 Å². The van der Waals surface area contributed by atoms with Gasteiger partial charge in [0, 0.05) is 0 Å². The quantitative estimate of drug-likeness (QED) is 0.363. The molecule has 0 atom stereocenters. The van der Waals surface area contributed by atoms with Crippen molar-refractivity contribution in [2.75, 3.05) is 0 Å². The molecule has 1 heteroatoms. The van der Waals surface area contributed by atoms with Crippen molar-refractivity contribution >= 4 is 17.7 Å². The molecule has 0 saturated heterocycles. The summed E-state index contributed by atoms with van der Waals surface area (Å²) >= 11 is 2.17. The van der Waals surface area contributed by atoms with E-state index >= 15 is 0 Å². The van der Waals surface area contributed by atoms with Crippen molar-refractivity contribution in [2.45, 2.75) is 12.8 Å². The second-order valence-corrected chi connectivity index (χ2v) is 1.59. The van der Waals surface area contributed by atoms with Crippen molar-refractivity contribution in [1.29, 1.82) is 0 Å². The van der Waals surface area contributed by atoms with Gasteiger partial charge >= 0.3 is 40.9 Å². The summed E-state index contributed by atoms with van der Waals surface area (Å²) in [6.07, 6.45) is 4.94. The maximum atomic E-state index is 2.26. The van der Waals surface area contributed by atoms with Gasteiger partial charge in [0.1, 0.15) is 0 Å². The summed E-state index contributed by atoms with van der Waals surface area (Å²) in [5, 5.41) is 0. The van der Waals surface area contributed by atoms with Gasteiger partial charge in [0.25, 0.3) is 0 Å². The zero-order valence-electron chi connectivity index (χ0n) is 3.49. The van der Waals surface area contributed by atoms with Crippen LogP contribution in [0.25, 0.3) is 0 Å².